The van der Waals surface area contributed by atoms with E-state index in [1.165, 1.54) is 0 Å². The van der Waals surface area contributed by atoms with Crippen LogP contribution in [0.15, 0.2) is 0 Å². The third kappa shape index (κ3) is 4.78. The molecule has 0 aromatic heterocycles. The molecule has 2 atom stereocenters. The van der Waals surface area contributed by atoms with Gasteiger partial charge in [0.2, 0.25) is 0 Å². The molecule has 0 aliphatic rings. The largest absolute Gasteiger partial charge is 0.316 e. The van der Waals surface area contributed by atoms with Gasteiger partial charge in [-0.2, -0.15) is 5.48 Å². The van der Waals surface area contributed by atoms with E-state index in [-0.39, 0.29) is 5.52 Å². The zero-order valence-corrected chi connectivity index (χ0v) is 4.99. The molecule has 0 fully saturated rings. The molecule has 0 radical (unpaired) electrons. The van der Waals surface area contributed by atoms with Gasteiger partial charge >= 0.3 is 0 Å². The molecular formula is CH7NOP2. The Labute approximate surface area is 35.7 Å². The highest BCUT2D eigenvalue weighted by molar-refractivity contribution is 7.37. The molecular weight excluding hydrogens is 104 g/mol. The van der Waals surface area contributed by atoms with E-state index in [9.17, 15) is 0 Å². The second kappa shape index (κ2) is 2.99. The minimum atomic E-state index is 0.0231. The van der Waals surface area contributed by atoms with Gasteiger partial charge in [0.1, 0.15) is 0 Å². The lowest BCUT2D eigenvalue weighted by molar-refractivity contribution is 0.179. The smallest absolute Gasteiger partial charge is 0.0594 e. The summed E-state index contributed by atoms with van der Waals surface area (Å²) in [4.78, 5) is 0. The van der Waals surface area contributed by atoms with Crippen molar-refractivity contribution in [3.05, 3.63) is 0 Å². The summed E-state index contributed by atoms with van der Waals surface area (Å²) in [5.41, 5.74) is 1.98. The lowest BCUT2D eigenvalue weighted by Crippen LogP contribution is -2.09. The highest BCUT2D eigenvalue weighted by Crippen LogP contribution is 2.00. The first-order valence-corrected chi connectivity index (χ1v) is 2.51. The summed E-state index contributed by atoms with van der Waals surface area (Å²) >= 11 is 0. The first kappa shape index (κ1) is 5.78. The second-order valence-electron chi connectivity index (χ2n) is 0.655. The average molecular weight is 111 g/mol. The molecule has 0 saturated carbocycles. The Morgan fingerprint density at radius 3 is 1.80 bits per heavy atom. The molecule has 2 unspecified atom stereocenters. The van der Waals surface area contributed by atoms with Gasteiger partial charge in [0.15, 0.2) is 0 Å². The summed E-state index contributed by atoms with van der Waals surface area (Å²) in [5, 5.41) is 7.85. The number of rotatable bonds is 1. The van der Waals surface area contributed by atoms with Gasteiger partial charge in [-0.05, 0) is 0 Å². The topological polar surface area (TPSA) is 32.3 Å². The molecule has 0 spiro atoms. The second-order valence-corrected chi connectivity index (χ2v) is 2.86. The van der Waals surface area contributed by atoms with E-state index >= 15 is 0 Å². The van der Waals surface area contributed by atoms with Gasteiger partial charge in [0.25, 0.3) is 0 Å². The van der Waals surface area contributed by atoms with Gasteiger partial charge in [-0.1, -0.05) is 0 Å². The van der Waals surface area contributed by atoms with Crippen LogP contribution in [0.5, 0.6) is 0 Å². The first-order valence-electron chi connectivity index (χ1n) is 1.18. The van der Waals surface area contributed by atoms with E-state index in [0.29, 0.717) is 0 Å². The Morgan fingerprint density at radius 1 is 1.60 bits per heavy atom. The monoisotopic (exact) mass is 111 g/mol. The van der Waals surface area contributed by atoms with E-state index in [4.69, 9.17) is 5.21 Å². The van der Waals surface area contributed by atoms with Gasteiger partial charge in [0.05, 0.1) is 5.52 Å². The number of hydrogen-bond acceptors (Lipinski definition) is 2. The fraction of sp³-hybridized carbons (Fsp3) is 1.00. The molecule has 0 rings (SSSR count). The lowest BCUT2D eigenvalue weighted by atomic mass is 11.5. The molecule has 0 amide bonds. The van der Waals surface area contributed by atoms with Gasteiger partial charge < -0.3 is 5.21 Å². The Bertz CT molecular complexity index is 23.6. The Morgan fingerprint density at radius 2 is 1.80 bits per heavy atom. The van der Waals surface area contributed by atoms with Crippen molar-refractivity contribution in [2.75, 3.05) is 0 Å². The van der Waals surface area contributed by atoms with Crippen LogP contribution in [0, 0.1) is 0 Å². The van der Waals surface area contributed by atoms with Crippen molar-refractivity contribution in [2.24, 2.45) is 0 Å². The van der Waals surface area contributed by atoms with Crippen LogP contribution in [-0.4, -0.2) is 10.7 Å². The number of hydroxylamine groups is 1. The molecule has 2 N–H and O–H groups in total. The summed E-state index contributed by atoms with van der Waals surface area (Å²) < 4.78 is 0. The summed E-state index contributed by atoms with van der Waals surface area (Å²) in [6, 6.07) is 0. The first-order chi connectivity index (χ1) is 2.27. The van der Waals surface area contributed by atoms with E-state index in [0.717, 1.165) is 0 Å². The SMILES string of the molecule is ONC(P)P. The Balaban J connectivity index is 2.54. The molecule has 0 aliphatic heterocycles. The highest BCUT2D eigenvalue weighted by Gasteiger charge is 1.78. The standard InChI is InChI=1S/CH7NOP2/c3-2-1(4)5/h1-3H,4-5H2. The van der Waals surface area contributed by atoms with Crippen LogP contribution < -0.4 is 5.48 Å². The van der Waals surface area contributed by atoms with Crippen molar-refractivity contribution in [3.8, 4) is 0 Å². The van der Waals surface area contributed by atoms with Crippen LogP contribution in [0.3, 0.4) is 0 Å². The van der Waals surface area contributed by atoms with Gasteiger partial charge in [-0.25, -0.2) is 0 Å². The van der Waals surface area contributed by atoms with Crippen molar-refractivity contribution in [3.63, 3.8) is 0 Å². The van der Waals surface area contributed by atoms with E-state index < -0.39 is 0 Å². The van der Waals surface area contributed by atoms with E-state index in [2.05, 4.69) is 18.5 Å². The Kier molecular flexibility index (Phi) is 3.46. The predicted octanol–water partition coefficient (Wildman–Crippen LogP) is -0.00100. The van der Waals surface area contributed by atoms with Gasteiger partial charge in [-0.15, -0.1) is 18.5 Å². The maximum absolute atomic E-state index is 7.85. The summed E-state index contributed by atoms with van der Waals surface area (Å²) in [7, 11) is 4.67. The van der Waals surface area contributed by atoms with Crippen molar-refractivity contribution in [2.45, 2.75) is 5.52 Å². The van der Waals surface area contributed by atoms with E-state index in [1.807, 2.05) is 5.48 Å². The Hall–Kier alpha value is 0.780. The van der Waals surface area contributed by atoms with Crippen LogP contribution in [0.4, 0.5) is 0 Å². The molecule has 0 bridgehead atoms. The molecule has 0 aromatic carbocycles. The summed E-state index contributed by atoms with van der Waals surface area (Å²) in [6.45, 7) is 0. The molecule has 0 heterocycles. The zero-order valence-electron chi connectivity index (χ0n) is 2.68. The van der Waals surface area contributed by atoms with E-state index in [1.54, 1.807) is 0 Å². The minimum absolute atomic E-state index is 0.0231. The zero-order chi connectivity index (χ0) is 4.28. The number of hydrogen-bond donors (Lipinski definition) is 2. The molecule has 32 valence electrons. The van der Waals surface area contributed by atoms with Crippen molar-refractivity contribution in [1.82, 2.24) is 5.48 Å². The summed E-state index contributed by atoms with van der Waals surface area (Å²) in [6.07, 6.45) is 0. The van der Waals surface area contributed by atoms with Crippen LogP contribution in [0.25, 0.3) is 0 Å². The van der Waals surface area contributed by atoms with Crippen molar-refractivity contribution in [1.29, 1.82) is 0 Å². The van der Waals surface area contributed by atoms with Crippen LogP contribution in [0.2, 0.25) is 0 Å². The third-order valence-corrected chi connectivity index (χ3v) is 0.447. The molecule has 0 saturated heterocycles. The van der Waals surface area contributed by atoms with Crippen molar-refractivity contribution < 1.29 is 5.21 Å². The van der Waals surface area contributed by atoms with Gasteiger partial charge in [0, 0.05) is 0 Å². The summed E-state index contributed by atoms with van der Waals surface area (Å²) in [5.74, 6) is 0. The van der Waals surface area contributed by atoms with Crippen LogP contribution in [-0.2, 0) is 0 Å². The molecule has 0 aliphatic carbocycles. The van der Waals surface area contributed by atoms with Crippen molar-refractivity contribution >= 4 is 18.5 Å². The fourth-order valence-electron chi connectivity index (χ4n) is 0. The average Bonchev–Trinajstić information content (AvgIpc) is 1.38. The predicted molar refractivity (Wildman–Crippen MR) is 28.1 cm³/mol. The maximum atomic E-state index is 7.85. The third-order valence-electron chi connectivity index (χ3n) is 0.149. The number of nitrogens with one attached hydrogen (secondary N) is 1. The highest BCUT2D eigenvalue weighted by atomic mass is 31.1. The molecule has 0 aromatic rings. The maximum Gasteiger partial charge on any atom is 0.0594 e. The molecule has 5 heavy (non-hydrogen) atoms. The quantitative estimate of drug-likeness (QED) is 0.368. The normalized spacial score (nSPS) is 9.60. The van der Waals surface area contributed by atoms with Crippen LogP contribution in [0.1, 0.15) is 0 Å². The lowest BCUT2D eigenvalue weighted by Gasteiger charge is -1.93. The van der Waals surface area contributed by atoms with Crippen LogP contribution >= 0.6 is 18.5 Å². The minimum Gasteiger partial charge on any atom is -0.316 e. The van der Waals surface area contributed by atoms with Gasteiger partial charge in [-0.3, -0.25) is 0 Å². The molecule has 2 nitrogen and oxygen atoms in total. The fourth-order valence-corrected chi connectivity index (χ4v) is 0. The molecule has 4 heteroatoms.